The predicted octanol–water partition coefficient (Wildman–Crippen LogP) is 4.02. The van der Waals surface area contributed by atoms with Gasteiger partial charge in [0.15, 0.2) is 0 Å². The molecule has 5 heterocycles. The maximum Gasteiger partial charge on any atom is 0.303 e. The van der Waals surface area contributed by atoms with E-state index in [1.54, 1.807) is 6.92 Å². The van der Waals surface area contributed by atoms with Crippen molar-refractivity contribution in [3.63, 3.8) is 0 Å². The molecule has 43 heavy (non-hydrogen) atoms. The molecule has 0 saturated carbocycles. The molecule has 226 valence electrons. The van der Waals surface area contributed by atoms with Crippen molar-refractivity contribution in [2.24, 2.45) is 0 Å². The van der Waals surface area contributed by atoms with E-state index in [4.69, 9.17) is 0 Å². The van der Waals surface area contributed by atoms with Crippen LogP contribution in [0.15, 0.2) is 23.4 Å². The van der Waals surface area contributed by atoms with Crippen LogP contribution in [0.25, 0.3) is 24.3 Å². The highest BCUT2D eigenvalue weighted by molar-refractivity contribution is 5.72. The van der Waals surface area contributed by atoms with Crippen LogP contribution in [0.5, 0.6) is 0 Å². The van der Waals surface area contributed by atoms with Gasteiger partial charge in [-0.25, -0.2) is 0 Å². The third kappa shape index (κ3) is 5.64. The lowest BCUT2D eigenvalue weighted by molar-refractivity contribution is -0.138. The summed E-state index contributed by atoms with van der Waals surface area (Å²) < 4.78 is 0. The topological polar surface area (TPSA) is 154 Å². The number of H-pyrrole nitrogens is 3. The molecule has 2 aliphatic heterocycles. The number of allylic oxidation sites excluding steroid dienone is 1. The maximum absolute atomic E-state index is 11.6. The Bertz CT molecular complexity index is 1830. The van der Waals surface area contributed by atoms with Crippen molar-refractivity contribution >= 4 is 36.2 Å². The van der Waals surface area contributed by atoms with Gasteiger partial charge in [-0.3, -0.25) is 9.59 Å². The molecule has 8 bridgehead atoms. The highest BCUT2D eigenvalue weighted by Gasteiger charge is 2.29. The van der Waals surface area contributed by atoms with Gasteiger partial charge in [0.05, 0.1) is 12.1 Å². The molecule has 9 nitrogen and oxygen atoms in total. The van der Waals surface area contributed by atoms with Crippen LogP contribution in [0.4, 0.5) is 0 Å². The zero-order valence-electron chi connectivity index (χ0n) is 25.4. The Morgan fingerprint density at radius 3 is 2.21 bits per heavy atom. The second-order valence-electron chi connectivity index (χ2n) is 11.7. The fourth-order valence-corrected chi connectivity index (χ4v) is 6.58. The second-order valence-corrected chi connectivity index (χ2v) is 11.7. The normalized spacial score (nSPS) is 19.5. The van der Waals surface area contributed by atoms with E-state index in [-0.39, 0.29) is 18.9 Å². The molecular weight excluding hydrogens is 544 g/mol. The van der Waals surface area contributed by atoms with Gasteiger partial charge < -0.3 is 35.6 Å². The van der Waals surface area contributed by atoms with E-state index in [0.29, 0.717) is 19.3 Å². The molecule has 0 aromatic carbocycles. The number of hydrogen-bond acceptors (Lipinski definition) is 4. The lowest BCUT2D eigenvalue weighted by Gasteiger charge is -2.16. The van der Waals surface area contributed by atoms with Crippen molar-refractivity contribution in [3.8, 4) is 0 Å². The number of hydrogen-bond donors (Lipinski definition) is 7. The van der Waals surface area contributed by atoms with E-state index in [1.807, 2.05) is 45.9 Å². The van der Waals surface area contributed by atoms with Gasteiger partial charge in [0.25, 0.3) is 0 Å². The smallest absolute Gasteiger partial charge is 0.303 e. The van der Waals surface area contributed by atoms with Crippen LogP contribution in [0.2, 0.25) is 0 Å². The quantitative estimate of drug-likeness (QED) is 0.212. The second kappa shape index (κ2) is 11.6. The largest absolute Gasteiger partial charge is 0.481 e. The zero-order chi connectivity index (χ0) is 31.2. The number of rotatable bonds is 8. The van der Waals surface area contributed by atoms with Crippen molar-refractivity contribution in [1.82, 2.24) is 20.3 Å². The standard InChI is InChI=1S/C34H40N4O5/c1-7-21-16(2)24-12-25-17(3)22(8-10-32(40)41)29(36-25)15-30-23(9-11-33(42)43)18(4)26(37-30)14-31-34(20(6)39)19(5)27(38-31)13-28(21)35-24/h7,12-13,15,20,26,35-39H,1,8-11,14H2,2-6H3,(H,40,41)(H,42,43)/b24-12-,28-13+,30-15-/t20-,26-/m1/s1. The number of carboxylic acids is 2. The lowest BCUT2D eigenvalue weighted by Crippen LogP contribution is -2.26. The van der Waals surface area contributed by atoms with Crippen molar-refractivity contribution in [2.75, 3.05) is 0 Å². The summed E-state index contributed by atoms with van der Waals surface area (Å²) in [5, 5.41) is 35.2. The Kier molecular flexibility index (Phi) is 8.12. The third-order valence-corrected chi connectivity index (χ3v) is 8.96. The number of aliphatic hydroxyl groups is 1. The molecular formula is C34H40N4O5. The zero-order valence-corrected chi connectivity index (χ0v) is 25.4. The molecule has 0 amide bonds. The number of carbonyl (C=O) groups is 2. The lowest BCUT2D eigenvalue weighted by atomic mass is 9.96. The molecule has 7 N–H and O–H groups in total. The van der Waals surface area contributed by atoms with Crippen molar-refractivity contribution in [2.45, 2.75) is 78.9 Å². The summed E-state index contributed by atoms with van der Waals surface area (Å²) in [7, 11) is 0. The molecule has 2 aliphatic rings. The van der Waals surface area contributed by atoms with E-state index in [1.165, 1.54) is 0 Å². The van der Waals surface area contributed by atoms with Gasteiger partial charge >= 0.3 is 11.9 Å². The van der Waals surface area contributed by atoms with Crippen LogP contribution in [0, 0.1) is 20.8 Å². The molecule has 0 saturated heterocycles. The van der Waals surface area contributed by atoms with E-state index < -0.39 is 18.0 Å². The van der Waals surface area contributed by atoms with Gasteiger partial charge in [-0.05, 0) is 99.1 Å². The summed E-state index contributed by atoms with van der Waals surface area (Å²) in [5.41, 5.74) is 12.0. The fourth-order valence-electron chi connectivity index (χ4n) is 6.58. The molecule has 0 unspecified atom stereocenters. The van der Waals surface area contributed by atoms with Crippen LogP contribution >= 0.6 is 0 Å². The summed E-state index contributed by atoms with van der Waals surface area (Å²) in [4.78, 5) is 33.8. The summed E-state index contributed by atoms with van der Waals surface area (Å²) in [6.45, 7) is 13.9. The van der Waals surface area contributed by atoms with Crippen LogP contribution in [-0.2, 0) is 22.4 Å². The molecule has 2 atom stereocenters. The fraction of sp³-hybridized carbons (Fsp3) is 0.353. The first-order valence-corrected chi connectivity index (χ1v) is 14.7. The number of carboxylic acid groups (broad SMARTS) is 2. The summed E-state index contributed by atoms with van der Waals surface area (Å²) in [5.74, 6) is -1.74. The minimum Gasteiger partial charge on any atom is -0.481 e. The molecule has 0 spiro atoms. The van der Waals surface area contributed by atoms with Gasteiger partial charge in [-0.2, -0.15) is 0 Å². The van der Waals surface area contributed by atoms with Gasteiger partial charge in [0.2, 0.25) is 0 Å². The minimum absolute atomic E-state index is 0.00738. The molecule has 0 aliphatic carbocycles. The highest BCUT2D eigenvalue weighted by atomic mass is 16.4. The molecule has 0 radical (unpaired) electrons. The van der Waals surface area contributed by atoms with Crippen molar-refractivity contribution in [1.29, 1.82) is 0 Å². The molecule has 3 aromatic heterocycles. The molecule has 9 heteroatoms. The van der Waals surface area contributed by atoms with Crippen LogP contribution < -0.4 is 16.0 Å². The number of aliphatic hydroxyl groups excluding tert-OH is 1. The number of aliphatic carboxylic acids is 2. The van der Waals surface area contributed by atoms with E-state index >= 15 is 0 Å². The van der Waals surface area contributed by atoms with E-state index in [9.17, 15) is 24.9 Å². The SMILES string of the molecule is C=Cc1c(C)/c2[nH]/c1=C/c1[nH]c(c([C@@H](C)O)c1C)C[C@H]1N/C(=C\c3[nH]c(c(C)c3CCC(=O)O)\C=2)C(CCC(=O)O)=C1C. The molecule has 3 aromatic rings. The van der Waals surface area contributed by atoms with Gasteiger partial charge in [0.1, 0.15) is 0 Å². The van der Waals surface area contributed by atoms with Crippen LogP contribution in [0.3, 0.4) is 0 Å². The summed E-state index contributed by atoms with van der Waals surface area (Å²) >= 11 is 0. The average molecular weight is 585 g/mol. The number of fused-ring (bicyclic) bond motifs is 8. The van der Waals surface area contributed by atoms with E-state index in [2.05, 4.69) is 32.9 Å². The molecule has 5 rings (SSSR count). The first-order chi connectivity index (χ1) is 20.4. The summed E-state index contributed by atoms with van der Waals surface area (Å²) in [6, 6.07) is -0.126. The average Bonchev–Trinajstić information content (AvgIpc) is 3.59. The van der Waals surface area contributed by atoms with Crippen molar-refractivity contribution in [3.05, 3.63) is 90.3 Å². The first-order valence-electron chi connectivity index (χ1n) is 14.7. The molecule has 0 fully saturated rings. The third-order valence-electron chi connectivity index (χ3n) is 8.96. The van der Waals surface area contributed by atoms with Crippen molar-refractivity contribution < 1.29 is 24.9 Å². The first kappa shape index (κ1) is 30.0. The van der Waals surface area contributed by atoms with Crippen LogP contribution in [0.1, 0.15) is 95.4 Å². The number of aromatic amines is 3. The van der Waals surface area contributed by atoms with Crippen LogP contribution in [-0.4, -0.2) is 48.3 Å². The van der Waals surface area contributed by atoms with Gasteiger partial charge in [0, 0.05) is 69.6 Å². The maximum atomic E-state index is 11.6. The predicted molar refractivity (Wildman–Crippen MR) is 168 cm³/mol. The Labute approximate surface area is 250 Å². The Morgan fingerprint density at radius 2 is 1.56 bits per heavy atom. The summed E-state index contributed by atoms with van der Waals surface area (Å²) in [6.07, 6.45) is 8.49. The van der Waals surface area contributed by atoms with Gasteiger partial charge in [-0.15, -0.1) is 0 Å². The number of aromatic nitrogens is 3. The number of nitrogens with one attached hydrogen (secondary N) is 4. The van der Waals surface area contributed by atoms with E-state index in [0.717, 1.165) is 83.7 Å². The Morgan fingerprint density at radius 1 is 0.907 bits per heavy atom. The minimum atomic E-state index is -0.870. The van der Waals surface area contributed by atoms with Gasteiger partial charge in [-0.1, -0.05) is 12.7 Å². The highest BCUT2D eigenvalue weighted by Crippen LogP contribution is 2.35. The Hall–Kier alpha value is -4.50. The monoisotopic (exact) mass is 584 g/mol. The Balaban J connectivity index is 1.81.